The van der Waals surface area contributed by atoms with Crippen molar-refractivity contribution in [1.82, 2.24) is 4.90 Å². The molecule has 0 heterocycles. The Morgan fingerprint density at radius 3 is 2.50 bits per heavy atom. The molecule has 7 heteroatoms. The normalized spacial score (nSPS) is 11.9. The average Bonchev–Trinajstić information content (AvgIpc) is 2.29. The van der Waals surface area contributed by atoms with Gasteiger partial charge in [0.1, 0.15) is 5.82 Å². The maximum Gasteiger partial charge on any atom is 0.401 e. The summed E-state index contributed by atoms with van der Waals surface area (Å²) in [7, 11) is 0. The topological polar surface area (TPSA) is 40.5 Å². The molecule has 0 radical (unpaired) electrons. The summed E-state index contributed by atoms with van der Waals surface area (Å²) < 4.78 is 50.3. The second-order valence-corrected chi connectivity index (χ2v) is 4.43. The Balaban J connectivity index is 2.96. The molecule has 0 aliphatic carbocycles. The van der Waals surface area contributed by atoms with Gasteiger partial charge in [-0.1, -0.05) is 13.0 Å². The molecule has 0 saturated heterocycles. The monoisotopic (exact) mass is 293 g/mol. The van der Waals surface area contributed by atoms with Crippen molar-refractivity contribution in [2.45, 2.75) is 26.1 Å². The van der Waals surface area contributed by atoms with Gasteiger partial charge in [0.15, 0.2) is 0 Å². The van der Waals surface area contributed by atoms with E-state index in [-0.39, 0.29) is 24.2 Å². The molecule has 0 unspecified atom stereocenters. The van der Waals surface area contributed by atoms with E-state index >= 15 is 0 Å². The minimum absolute atomic E-state index is 0.164. The van der Waals surface area contributed by atoms with Crippen molar-refractivity contribution < 1.29 is 27.5 Å². The predicted octanol–water partition coefficient (Wildman–Crippen LogP) is 3.30. The highest BCUT2D eigenvalue weighted by molar-refractivity contribution is 5.89. The lowest BCUT2D eigenvalue weighted by molar-refractivity contribution is -0.147. The zero-order chi connectivity index (χ0) is 15.3. The summed E-state index contributed by atoms with van der Waals surface area (Å²) in [6.07, 6.45) is -3.86. The van der Waals surface area contributed by atoms with Crippen molar-refractivity contribution in [3.8, 4) is 0 Å². The quantitative estimate of drug-likeness (QED) is 0.818. The highest BCUT2D eigenvalue weighted by Crippen LogP contribution is 2.20. The Labute approximate surface area is 113 Å². The molecule has 0 spiro atoms. The number of halogens is 4. The molecule has 1 aromatic rings. The Morgan fingerprint density at radius 2 is 2.00 bits per heavy atom. The van der Waals surface area contributed by atoms with Crippen LogP contribution in [-0.2, 0) is 6.54 Å². The van der Waals surface area contributed by atoms with E-state index in [0.29, 0.717) is 6.42 Å². The van der Waals surface area contributed by atoms with Gasteiger partial charge in [0.2, 0.25) is 0 Å². The highest BCUT2D eigenvalue weighted by atomic mass is 19.4. The number of carbonyl (C=O) groups is 1. The third kappa shape index (κ3) is 5.16. The van der Waals surface area contributed by atoms with Crippen LogP contribution in [0, 0.1) is 5.82 Å². The number of hydrogen-bond acceptors (Lipinski definition) is 2. The van der Waals surface area contributed by atoms with Crippen LogP contribution in [0.4, 0.5) is 17.6 Å². The molecular formula is C13H15F4NO2. The molecule has 0 saturated carbocycles. The fourth-order valence-corrected chi connectivity index (χ4v) is 1.91. The number of benzene rings is 1. The maximum atomic E-state index is 13.0. The molecule has 1 N–H and O–H groups in total. The molecule has 0 aliphatic heterocycles. The van der Waals surface area contributed by atoms with Crippen LogP contribution in [0.15, 0.2) is 18.2 Å². The van der Waals surface area contributed by atoms with Gasteiger partial charge < -0.3 is 5.11 Å². The Bertz CT molecular complexity index is 474. The van der Waals surface area contributed by atoms with Gasteiger partial charge in [-0.2, -0.15) is 13.2 Å². The van der Waals surface area contributed by atoms with Crippen molar-refractivity contribution in [3.63, 3.8) is 0 Å². The first kappa shape index (κ1) is 16.4. The van der Waals surface area contributed by atoms with Crippen molar-refractivity contribution in [1.29, 1.82) is 0 Å². The minimum atomic E-state index is -4.36. The molecule has 3 nitrogen and oxygen atoms in total. The molecule has 0 atom stereocenters. The number of alkyl halides is 3. The Hall–Kier alpha value is -1.63. The summed E-state index contributed by atoms with van der Waals surface area (Å²) in [5.41, 5.74) is -0.148. The zero-order valence-corrected chi connectivity index (χ0v) is 10.9. The summed E-state index contributed by atoms with van der Waals surface area (Å²) in [5.74, 6) is -2.09. The van der Waals surface area contributed by atoms with Gasteiger partial charge in [0.25, 0.3) is 0 Å². The third-order valence-corrected chi connectivity index (χ3v) is 2.64. The SMILES string of the molecule is CCCN(Cc1ccc(F)cc1C(=O)O)CC(F)(F)F. The van der Waals surface area contributed by atoms with Gasteiger partial charge >= 0.3 is 12.1 Å². The predicted molar refractivity (Wildman–Crippen MR) is 65.0 cm³/mol. The maximum absolute atomic E-state index is 13.0. The van der Waals surface area contributed by atoms with E-state index in [1.165, 1.54) is 6.07 Å². The molecule has 112 valence electrons. The summed E-state index contributed by atoms with van der Waals surface area (Å²) in [6.45, 7) is 0.592. The van der Waals surface area contributed by atoms with Gasteiger partial charge in [-0.15, -0.1) is 0 Å². The van der Waals surface area contributed by atoms with Crippen molar-refractivity contribution in [2.24, 2.45) is 0 Å². The van der Waals surface area contributed by atoms with Crippen LogP contribution in [0.2, 0.25) is 0 Å². The summed E-state index contributed by atoms with van der Waals surface area (Å²) in [4.78, 5) is 12.1. The molecule has 1 rings (SSSR count). The molecular weight excluding hydrogens is 278 g/mol. The number of hydrogen-bond donors (Lipinski definition) is 1. The number of carboxylic acids is 1. The fourth-order valence-electron chi connectivity index (χ4n) is 1.91. The second-order valence-electron chi connectivity index (χ2n) is 4.43. The molecule has 20 heavy (non-hydrogen) atoms. The number of aromatic carboxylic acids is 1. The number of carboxylic acid groups (broad SMARTS) is 1. The molecule has 0 amide bonds. The largest absolute Gasteiger partial charge is 0.478 e. The Morgan fingerprint density at radius 1 is 1.35 bits per heavy atom. The zero-order valence-electron chi connectivity index (χ0n) is 10.9. The first-order valence-corrected chi connectivity index (χ1v) is 6.03. The third-order valence-electron chi connectivity index (χ3n) is 2.64. The standard InChI is InChI=1S/C13H15F4NO2/c1-2-5-18(8-13(15,16)17)7-9-3-4-10(14)6-11(9)12(19)20/h3-4,6H,2,5,7-8H2,1H3,(H,19,20). The fraction of sp³-hybridized carbons (Fsp3) is 0.462. The number of nitrogens with zero attached hydrogens (tertiary/aromatic N) is 1. The summed E-state index contributed by atoms with van der Waals surface area (Å²) in [5, 5.41) is 8.96. The lowest BCUT2D eigenvalue weighted by Crippen LogP contribution is -2.34. The summed E-state index contributed by atoms with van der Waals surface area (Å²) >= 11 is 0. The number of rotatable bonds is 6. The van der Waals surface area contributed by atoms with E-state index in [0.717, 1.165) is 17.0 Å². The molecule has 0 aliphatic rings. The lowest BCUT2D eigenvalue weighted by Gasteiger charge is -2.23. The van der Waals surface area contributed by atoms with E-state index in [2.05, 4.69) is 0 Å². The van der Waals surface area contributed by atoms with Gasteiger partial charge in [0, 0.05) is 6.54 Å². The van der Waals surface area contributed by atoms with Crippen LogP contribution in [0.5, 0.6) is 0 Å². The van der Waals surface area contributed by atoms with Crippen LogP contribution in [0.25, 0.3) is 0 Å². The molecule has 0 fully saturated rings. The highest BCUT2D eigenvalue weighted by Gasteiger charge is 2.30. The van der Waals surface area contributed by atoms with Crippen LogP contribution in [0.3, 0.4) is 0 Å². The van der Waals surface area contributed by atoms with Gasteiger partial charge in [-0.3, -0.25) is 4.90 Å². The van der Waals surface area contributed by atoms with Crippen LogP contribution >= 0.6 is 0 Å². The van der Waals surface area contributed by atoms with Gasteiger partial charge in [-0.05, 0) is 30.7 Å². The lowest BCUT2D eigenvalue weighted by atomic mass is 10.1. The molecule has 0 bridgehead atoms. The van der Waals surface area contributed by atoms with Crippen molar-refractivity contribution in [2.75, 3.05) is 13.1 Å². The molecule has 0 aromatic heterocycles. The molecule has 1 aromatic carbocycles. The smallest absolute Gasteiger partial charge is 0.401 e. The van der Waals surface area contributed by atoms with Crippen LogP contribution < -0.4 is 0 Å². The van der Waals surface area contributed by atoms with Crippen LogP contribution in [0.1, 0.15) is 29.3 Å². The van der Waals surface area contributed by atoms with E-state index < -0.39 is 24.5 Å². The second kappa shape index (κ2) is 6.69. The summed E-state index contributed by atoms with van der Waals surface area (Å²) in [6, 6.07) is 3.06. The van der Waals surface area contributed by atoms with E-state index in [9.17, 15) is 22.4 Å². The van der Waals surface area contributed by atoms with Gasteiger partial charge in [0.05, 0.1) is 12.1 Å². The Kier molecular flexibility index (Phi) is 5.50. The first-order chi connectivity index (χ1) is 9.23. The van der Waals surface area contributed by atoms with Crippen LogP contribution in [-0.4, -0.2) is 35.2 Å². The van der Waals surface area contributed by atoms with E-state index in [4.69, 9.17) is 5.11 Å². The van der Waals surface area contributed by atoms with Crippen molar-refractivity contribution >= 4 is 5.97 Å². The average molecular weight is 293 g/mol. The van der Waals surface area contributed by atoms with Crippen molar-refractivity contribution in [3.05, 3.63) is 35.1 Å². The minimum Gasteiger partial charge on any atom is -0.478 e. The van der Waals surface area contributed by atoms with Gasteiger partial charge in [-0.25, -0.2) is 9.18 Å². The first-order valence-electron chi connectivity index (χ1n) is 6.03. The van der Waals surface area contributed by atoms with E-state index in [1.807, 2.05) is 0 Å². The van der Waals surface area contributed by atoms with E-state index in [1.54, 1.807) is 6.92 Å².